The number of hydrogen-bond acceptors (Lipinski definition) is 5. The zero-order valence-electron chi connectivity index (χ0n) is 10.8. The van der Waals surface area contributed by atoms with E-state index in [1.165, 1.54) is 12.8 Å². The highest BCUT2D eigenvalue weighted by molar-refractivity contribution is 5.38. The molecular weight excluding hydrogens is 228 g/mol. The van der Waals surface area contributed by atoms with E-state index in [1.54, 1.807) is 7.11 Å². The molecule has 1 saturated heterocycles. The first-order valence-corrected chi connectivity index (χ1v) is 6.69. The van der Waals surface area contributed by atoms with Gasteiger partial charge in [-0.05, 0) is 31.4 Å². The lowest BCUT2D eigenvalue weighted by Gasteiger charge is -2.16. The average Bonchev–Trinajstić information content (AvgIpc) is 3.12. The Morgan fingerprint density at radius 3 is 2.83 bits per heavy atom. The zero-order chi connectivity index (χ0) is 12.4. The molecule has 0 spiro atoms. The SMILES string of the molecule is COC1CCN(c2ccc(CNC3CC3)nn2)C1. The van der Waals surface area contributed by atoms with Crippen molar-refractivity contribution in [1.29, 1.82) is 0 Å². The van der Waals surface area contributed by atoms with E-state index in [1.807, 2.05) is 0 Å². The molecule has 1 unspecified atom stereocenters. The Balaban J connectivity index is 1.56. The molecule has 2 aliphatic rings. The molecule has 98 valence electrons. The second kappa shape index (κ2) is 5.20. The van der Waals surface area contributed by atoms with Gasteiger partial charge in [-0.3, -0.25) is 0 Å². The third-order valence-electron chi connectivity index (χ3n) is 3.66. The summed E-state index contributed by atoms with van der Waals surface area (Å²) in [6.07, 6.45) is 4.02. The van der Waals surface area contributed by atoms with Crippen LogP contribution in [0.25, 0.3) is 0 Å². The molecule has 2 heterocycles. The molecule has 1 N–H and O–H groups in total. The number of hydrogen-bond donors (Lipinski definition) is 1. The summed E-state index contributed by atoms with van der Waals surface area (Å²) in [7, 11) is 1.77. The lowest BCUT2D eigenvalue weighted by Crippen LogP contribution is -2.24. The van der Waals surface area contributed by atoms with Gasteiger partial charge in [0.1, 0.15) is 0 Å². The van der Waals surface area contributed by atoms with Crippen molar-refractivity contribution >= 4 is 5.82 Å². The molecule has 0 radical (unpaired) electrons. The summed E-state index contributed by atoms with van der Waals surface area (Å²) in [6.45, 7) is 2.76. The summed E-state index contributed by atoms with van der Waals surface area (Å²) in [4.78, 5) is 2.24. The van der Waals surface area contributed by atoms with Crippen LogP contribution in [0.4, 0.5) is 5.82 Å². The van der Waals surface area contributed by atoms with Gasteiger partial charge in [-0.15, -0.1) is 5.10 Å². The maximum absolute atomic E-state index is 5.36. The molecule has 0 bridgehead atoms. The number of rotatable bonds is 5. The van der Waals surface area contributed by atoms with E-state index in [9.17, 15) is 0 Å². The van der Waals surface area contributed by atoms with Gasteiger partial charge in [0.05, 0.1) is 11.8 Å². The third kappa shape index (κ3) is 2.79. The average molecular weight is 248 g/mol. The Morgan fingerprint density at radius 2 is 2.22 bits per heavy atom. The van der Waals surface area contributed by atoms with E-state index < -0.39 is 0 Å². The van der Waals surface area contributed by atoms with Crippen LogP contribution in [-0.4, -0.2) is 42.5 Å². The fourth-order valence-corrected chi connectivity index (χ4v) is 2.28. The summed E-state index contributed by atoms with van der Waals surface area (Å²) in [6, 6.07) is 4.85. The number of anilines is 1. The van der Waals surface area contributed by atoms with Crippen molar-refractivity contribution in [3.05, 3.63) is 17.8 Å². The van der Waals surface area contributed by atoms with Crippen LogP contribution < -0.4 is 10.2 Å². The van der Waals surface area contributed by atoms with Crippen LogP contribution in [0.2, 0.25) is 0 Å². The Bertz CT molecular complexity index is 390. The molecule has 1 atom stereocenters. The summed E-state index contributed by atoms with van der Waals surface area (Å²) in [5, 5.41) is 12.0. The normalized spacial score (nSPS) is 23.6. The van der Waals surface area contributed by atoms with E-state index in [0.717, 1.165) is 37.6 Å². The van der Waals surface area contributed by atoms with Crippen LogP contribution >= 0.6 is 0 Å². The van der Waals surface area contributed by atoms with Gasteiger partial charge in [0, 0.05) is 32.8 Å². The van der Waals surface area contributed by atoms with Crippen molar-refractivity contribution in [3.8, 4) is 0 Å². The van der Waals surface area contributed by atoms with Crippen molar-refractivity contribution in [1.82, 2.24) is 15.5 Å². The predicted octanol–water partition coefficient (Wildman–Crippen LogP) is 0.954. The first-order chi connectivity index (χ1) is 8.85. The monoisotopic (exact) mass is 248 g/mol. The van der Waals surface area contributed by atoms with E-state index >= 15 is 0 Å². The van der Waals surface area contributed by atoms with Crippen molar-refractivity contribution in [2.45, 2.75) is 38.0 Å². The highest BCUT2D eigenvalue weighted by Crippen LogP contribution is 2.20. The van der Waals surface area contributed by atoms with Crippen LogP contribution in [0.5, 0.6) is 0 Å². The first-order valence-electron chi connectivity index (χ1n) is 6.69. The minimum Gasteiger partial charge on any atom is -0.380 e. The standard InChI is InChI=1S/C13H20N4O/c1-18-12-6-7-17(9-12)13-5-4-11(15-16-13)8-14-10-2-3-10/h4-5,10,12,14H,2-3,6-9H2,1H3. The molecule has 1 aliphatic heterocycles. The summed E-state index contributed by atoms with van der Waals surface area (Å²) in [5.41, 5.74) is 1.02. The molecule has 2 fully saturated rings. The lowest BCUT2D eigenvalue weighted by atomic mass is 10.3. The summed E-state index contributed by atoms with van der Waals surface area (Å²) >= 11 is 0. The summed E-state index contributed by atoms with van der Waals surface area (Å²) in [5.74, 6) is 0.963. The molecule has 3 rings (SSSR count). The van der Waals surface area contributed by atoms with E-state index in [2.05, 4.69) is 32.5 Å². The number of nitrogens with zero attached hydrogens (tertiary/aromatic N) is 3. The topological polar surface area (TPSA) is 50.3 Å². The Hall–Kier alpha value is -1.20. The molecule has 1 aromatic heterocycles. The third-order valence-corrected chi connectivity index (χ3v) is 3.66. The van der Waals surface area contributed by atoms with Crippen molar-refractivity contribution in [2.75, 3.05) is 25.1 Å². The van der Waals surface area contributed by atoms with Gasteiger partial charge >= 0.3 is 0 Å². The quantitative estimate of drug-likeness (QED) is 0.841. The lowest BCUT2D eigenvalue weighted by molar-refractivity contribution is 0.121. The van der Waals surface area contributed by atoms with Gasteiger partial charge in [-0.1, -0.05) is 0 Å². The van der Waals surface area contributed by atoms with Crippen molar-refractivity contribution in [3.63, 3.8) is 0 Å². The van der Waals surface area contributed by atoms with Gasteiger partial charge in [0.15, 0.2) is 5.82 Å². The number of aromatic nitrogens is 2. The van der Waals surface area contributed by atoms with Crippen LogP contribution in [0, 0.1) is 0 Å². The first kappa shape index (κ1) is 11.9. The fraction of sp³-hybridized carbons (Fsp3) is 0.692. The van der Waals surface area contributed by atoms with Crippen LogP contribution in [-0.2, 0) is 11.3 Å². The maximum Gasteiger partial charge on any atom is 0.151 e. The second-order valence-electron chi connectivity index (χ2n) is 5.13. The van der Waals surface area contributed by atoms with Crippen molar-refractivity contribution < 1.29 is 4.74 Å². The highest BCUT2D eigenvalue weighted by atomic mass is 16.5. The molecule has 18 heavy (non-hydrogen) atoms. The van der Waals surface area contributed by atoms with E-state index in [-0.39, 0.29) is 0 Å². The van der Waals surface area contributed by atoms with Crippen molar-refractivity contribution in [2.24, 2.45) is 0 Å². The van der Waals surface area contributed by atoms with Gasteiger partial charge in [0.2, 0.25) is 0 Å². The minimum absolute atomic E-state index is 0.336. The van der Waals surface area contributed by atoms with E-state index in [0.29, 0.717) is 12.1 Å². The smallest absolute Gasteiger partial charge is 0.151 e. The molecule has 1 saturated carbocycles. The second-order valence-corrected chi connectivity index (χ2v) is 5.13. The Morgan fingerprint density at radius 1 is 1.33 bits per heavy atom. The van der Waals surface area contributed by atoms with Gasteiger partial charge < -0.3 is 15.0 Å². The largest absolute Gasteiger partial charge is 0.380 e. The maximum atomic E-state index is 5.36. The molecule has 1 aliphatic carbocycles. The summed E-state index contributed by atoms with van der Waals surface area (Å²) < 4.78 is 5.36. The zero-order valence-corrected chi connectivity index (χ0v) is 10.8. The molecule has 5 heteroatoms. The molecular formula is C13H20N4O. The van der Waals surface area contributed by atoms with Crippen LogP contribution in [0.15, 0.2) is 12.1 Å². The highest BCUT2D eigenvalue weighted by Gasteiger charge is 2.23. The number of nitrogens with one attached hydrogen (secondary N) is 1. The van der Waals surface area contributed by atoms with Gasteiger partial charge in [-0.2, -0.15) is 5.10 Å². The molecule has 0 amide bonds. The Kier molecular flexibility index (Phi) is 3.43. The van der Waals surface area contributed by atoms with Gasteiger partial charge in [0.25, 0.3) is 0 Å². The fourth-order valence-electron chi connectivity index (χ4n) is 2.28. The predicted molar refractivity (Wildman–Crippen MR) is 69.5 cm³/mol. The molecule has 0 aromatic carbocycles. The number of ether oxygens (including phenoxy) is 1. The minimum atomic E-state index is 0.336. The van der Waals surface area contributed by atoms with Crippen LogP contribution in [0.3, 0.4) is 0 Å². The van der Waals surface area contributed by atoms with E-state index in [4.69, 9.17) is 4.74 Å². The van der Waals surface area contributed by atoms with Gasteiger partial charge in [-0.25, -0.2) is 0 Å². The molecule has 5 nitrogen and oxygen atoms in total. The molecule has 1 aromatic rings. The van der Waals surface area contributed by atoms with Crippen LogP contribution in [0.1, 0.15) is 25.0 Å². The Labute approximate surface area is 108 Å². The number of methoxy groups -OCH3 is 1.